The first-order chi connectivity index (χ1) is 9.18. The minimum Gasteiger partial charge on any atom is -0.492 e. The van der Waals surface area contributed by atoms with Crippen molar-refractivity contribution in [2.75, 3.05) is 30.4 Å². The summed E-state index contributed by atoms with van der Waals surface area (Å²) < 4.78 is 51.7. The lowest BCUT2D eigenvalue weighted by molar-refractivity contribution is 0.340. The third kappa shape index (κ3) is 7.28. The van der Waals surface area contributed by atoms with E-state index in [4.69, 9.17) is 15.6 Å². The molecule has 5 N–H and O–H groups in total. The average molecular weight is 323 g/mol. The van der Waals surface area contributed by atoms with Crippen molar-refractivity contribution >= 4 is 25.7 Å². The molecule has 0 aliphatic carbocycles. The molecular formula is C10H17N3O5S2. The molecule has 1 aromatic carbocycles. The quantitative estimate of drug-likeness (QED) is 0.516. The normalized spacial score (nSPS) is 12.2. The molecule has 1 rings (SSSR count). The molecule has 0 saturated heterocycles. The minimum absolute atomic E-state index is 0.0609. The van der Waals surface area contributed by atoms with Gasteiger partial charge in [-0.2, -0.15) is 0 Å². The number of nitrogen functional groups attached to an aromatic ring is 1. The molecule has 0 atom stereocenters. The molecule has 20 heavy (non-hydrogen) atoms. The molecular weight excluding hydrogens is 306 g/mol. The van der Waals surface area contributed by atoms with Crippen LogP contribution in [-0.4, -0.2) is 41.5 Å². The number of sulfonamides is 2. The molecule has 0 heterocycles. The lowest BCUT2D eigenvalue weighted by Crippen LogP contribution is -2.34. The van der Waals surface area contributed by atoms with Crippen LogP contribution in [0.4, 0.5) is 5.69 Å². The van der Waals surface area contributed by atoms with Gasteiger partial charge in [-0.1, -0.05) is 0 Å². The van der Waals surface area contributed by atoms with Crippen LogP contribution in [-0.2, 0) is 20.0 Å². The Morgan fingerprint density at radius 3 is 2.20 bits per heavy atom. The number of benzene rings is 1. The number of nitrogens with two attached hydrogens (primary N) is 2. The van der Waals surface area contributed by atoms with Crippen molar-refractivity contribution in [1.82, 2.24) is 4.72 Å². The summed E-state index contributed by atoms with van der Waals surface area (Å²) in [6.45, 7) is -0.322. The topological polar surface area (TPSA) is 142 Å². The van der Waals surface area contributed by atoms with Crippen LogP contribution in [0, 0.1) is 0 Å². The molecule has 0 aliphatic heterocycles. The lowest BCUT2D eigenvalue weighted by Gasteiger charge is -2.08. The predicted molar refractivity (Wildman–Crippen MR) is 76.1 cm³/mol. The molecule has 0 unspecified atom stereocenters. The van der Waals surface area contributed by atoms with Gasteiger partial charge in [0.25, 0.3) is 0 Å². The molecule has 0 spiro atoms. The van der Waals surface area contributed by atoms with Gasteiger partial charge in [0.05, 0.1) is 11.5 Å². The van der Waals surface area contributed by atoms with Gasteiger partial charge in [0.15, 0.2) is 0 Å². The summed E-state index contributed by atoms with van der Waals surface area (Å²) in [6.07, 6.45) is 0. The van der Waals surface area contributed by atoms with Crippen molar-refractivity contribution in [2.45, 2.75) is 0 Å². The van der Waals surface area contributed by atoms with E-state index in [-0.39, 0.29) is 18.9 Å². The van der Waals surface area contributed by atoms with Gasteiger partial charge in [-0.25, -0.2) is 26.7 Å². The van der Waals surface area contributed by atoms with Crippen LogP contribution in [0.15, 0.2) is 24.3 Å². The molecule has 114 valence electrons. The molecule has 0 radical (unpaired) electrons. The van der Waals surface area contributed by atoms with Crippen molar-refractivity contribution in [2.24, 2.45) is 5.14 Å². The summed E-state index contributed by atoms with van der Waals surface area (Å²) in [5.41, 5.74) is 6.07. The Bertz CT molecular complexity index is 625. The molecule has 0 amide bonds. The maximum atomic E-state index is 11.5. The molecule has 0 aliphatic rings. The predicted octanol–water partition coefficient (Wildman–Crippen LogP) is -1.14. The van der Waals surface area contributed by atoms with E-state index in [1.54, 1.807) is 24.3 Å². The van der Waals surface area contributed by atoms with Crippen LogP contribution in [0.2, 0.25) is 0 Å². The van der Waals surface area contributed by atoms with Crippen molar-refractivity contribution in [1.29, 1.82) is 0 Å². The number of hydrogen-bond donors (Lipinski definition) is 3. The maximum Gasteiger partial charge on any atom is 0.214 e. The standard InChI is InChI=1S/C10H17N3O5S2/c11-9-1-3-10(4-2-9)18-6-8-20(16,17)13-5-7-19(12,14)15/h1-4,13H,5-8,11H2,(H2,12,14,15). The first-order valence-electron chi connectivity index (χ1n) is 5.64. The van der Waals surface area contributed by atoms with E-state index in [1.807, 2.05) is 0 Å². The van der Waals surface area contributed by atoms with E-state index in [1.165, 1.54) is 0 Å². The van der Waals surface area contributed by atoms with Gasteiger partial charge < -0.3 is 10.5 Å². The van der Waals surface area contributed by atoms with Gasteiger partial charge in [0, 0.05) is 12.2 Å². The maximum absolute atomic E-state index is 11.5. The smallest absolute Gasteiger partial charge is 0.214 e. The Hall–Kier alpha value is -1.36. The summed E-state index contributed by atoms with van der Waals surface area (Å²) in [7, 11) is -7.29. The number of ether oxygens (including phenoxy) is 1. The van der Waals surface area contributed by atoms with E-state index in [0.29, 0.717) is 11.4 Å². The molecule has 0 bridgehead atoms. The fourth-order valence-corrected chi connectivity index (χ4v) is 2.62. The minimum atomic E-state index is -3.68. The molecule has 1 aromatic rings. The summed E-state index contributed by atoms with van der Waals surface area (Å²) in [6, 6.07) is 6.51. The number of nitrogens with one attached hydrogen (secondary N) is 1. The highest BCUT2D eigenvalue weighted by Crippen LogP contribution is 2.12. The van der Waals surface area contributed by atoms with E-state index in [9.17, 15) is 16.8 Å². The Morgan fingerprint density at radius 2 is 1.65 bits per heavy atom. The summed E-state index contributed by atoms with van der Waals surface area (Å²) >= 11 is 0. The first-order valence-corrected chi connectivity index (χ1v) is 9.01. The second-order valence-electron chi connectivity index (χ2n) is 4.00. The largest absolute Gasteiger partial charge is 0.492 e. The molecule has 10 heteroatoms. The van der Waals surface area contributed by atoms with Gasteiger partial charge in [-0.05, 0) is 24.3 Å². The highest BCUT2D eigenvalue weighted by Gasteiger charge is 2.12. The van der Waals surface area contributed by atoms with Crippen molar-refractivity contribution in [3.63, 3.8) is 0 Å². The van der Waals surface area contributed by atoms with Crippen molar-refractivity contribution in [3.05, 3.63) is 24.3 Å². The van der Waals surface area contributed by atoms with E-state index < -0.39 is 25.8 Å². The lowest BCUT2D eigenvalue weighted by atomic mass is 10.3. The van der Waals surface area contributed by atoms with E-state index in [2.05, 4.69) is 4.72 Å². The molecule has 0 saturated carbocycles. The molecule has 8 nitrogen and oxygen atoms in total. The zero-order chi connectivity index (χ0) is 15.2. The van der Waals surface area contributed by atoms with Crippen LogP contribution in [0.25, 0.3) is 0 Å². The van der Waals surface area contributed by atoms with E-state index >= 15 is 0 Å². The van der Waals surface area contributed by atoms with Crippen LogP contribution in [0.3, 0.4) is 0 Å². The second kappa shape index (κ2) is 6.88. The second-order valence-corrected chi connectivity index (χ2v) is 7.66. The van der Waals surface area contributed by atoms with Gasteiger partial charge in [-0.3, -0.25) is 0 Å². The van der Waals surface area contributed by atoms with Gasteiger partial charge in [0.2, 0.25) is 20.0 Å². The van der Waals surface area contributed by atoms with E-state index in [0.717, 1.165) is 0 Å². The third-order valence-electron chi connectivity index (χ3n) is 2.21. The molecule has 0 aromatic heterocycles. The Labute approximate surface area is 118 Å². The van der Waals surface area contributed by atoms with Gasteiger partial charge >= 0.3 is 0 Å². The SMILES string of the molecule is Nc1ccc(OCCS(=O)(=O)NCCS(N)(=O)=O)cc1. The fourth-order valence-electron chi connectivity index (χ4n) is 1.24. The summed E-state index contributed by atoms with van der Waals surface area (Å²) in [5.74, 6) is -0.244. The van der Waals surface area contributed by atoms with Crippen LogP contribution >= 0.6 is 0 Å². The van der Waals surface area contributed by atoms with Crippen molar-refractivity contribution < 1.29 is 21.6 Å². The molecule has 0 fully saturated rings. The Morgan fingerprint density at radius 1 is 1.05 bits per heavy atom. The average Bonchev–Trinajstić information content (AvgIpc) is 2.29. The van der Waals surface area contributed by atoms with Gasteiger partial charge in [-0.15, -0.1) is 0 Å². The van der Waals surface area contributed by atoms with Crippen LogP contribution in [0.5, 0.6) is 5.75 Å². The summed E-state index contributed by atoms with van der Waals surface area (Å²) in [5, 5.41) is 4.76. The first kappa shape index (κ1) is 16.7. The Balaban J connectivity index is 2.34. The zero-order valence-corrected chi connectivity index (χ0v) is 12.3. The Kier molecular flexibility index (Phi) is 5.74. The van der Waals surface area contributed by atoms with Gasteiger partial charge in [0.1, 0.15) is 12.4 Å². The third-order valence-corrected chi connectivity index (χ3v) is 4.33. The fraction of sp³-hybridized carbons (Fsp3) is 0.400. The highest BCUT2D eigenvalue weighted by atomic mass is 32.2. The number of anilines is 1. The summed E-state index contributed by atoms with van der Waals surface area (Å²) in [4.78, 5) is 0. The highest BCUT2D eigenvalue weighted by molar-refractivity contribution is 7.90. The van der Waals surface area contributed by atoms with Crippen molar-refractivity contribution in [3.8, 4) is 5.75 Å². The number of rotatable bonds is 8. The van der Waals surface area contributed by atoms with Crippen LogP contribution in [0.1, 0.15) is 0 Å². The number of primary sulfonamides is 1. The zero-order valence-electron chi connectivity index (χ0n) is 10.7. The monoisotopic (exact) mass is 323 g/mol. The van der Waals surface area contributed by atoms with Crippen LogP contribution < -0.4 is 20.3 Å². The number of hydrogen-bond acceptors (Lipinski definition) is 6.